The summed E-state index contributed by atoms with van der Waals surface area (Å²) in [7, 11) is 0. The van der Waals surface area contributed by atoms with Crippen LogP contribution in [0.2, 0.25) is 17.7 Å². The molecule has 0 bridgehead atoms. The molecule has 0 aliphatic carbocycles. The van der Waals surface area contributed by atoms with Gasteiger partial charge in [0.2, 0.25) is 0 Å². The molecule has 6 heteroatoms. The summed E-state index contributed by atoms with van der Waals surface area (Å²) >= 11 is -6.60. The molecule has 0 saturated heterocycles. The van der Waals surface area contributed by atoms with Gasteiger partial charge < -0.3 is 0 Å². The SMILES string of the molecule is CCC[CH2][Sn]([CH2]CCC)([O]C=O)[O][Sn]([CH2]CCC)([CH2]CCC)[O]CC. The van der Waals surface area contributed by atoms with Gasteiger partial charge in [0, 0.05) is 0 Å². The number of carbonyl (C=O) groups is 1. The Balaban J connectivity index is 5.55. The van der Waals surface area contributed by atoms with Crippen LogP contribution in [-0.2, 0) is 12.4 Å². The van der Waals surface area contributed by atoms with Crippen LogP contribution in [0.5, 0.6) is 0 Å². The zero-order valence-corrected chi connectivity index (χ0v) is 23.1. The van der Waals surface area contributed by atoms with E-state index in [1.807, 2.05) is 0 Å². The van der Waals surface area contributed by atoms with Crippen molar-refractivity contribution in [2.24, 2.45) is 0 Å². The van der Waals surface area contributed by atoms with Crippen LogP contribution >= 0.6 is 0 Å². The van der Waals surface area contributed by atoms with Gasteiger partial charge in [0.1, 0.15) is 0 Å². The molecule has 0 aromatic rings. The third kappa shape index (κ3) is 10.8. The minimum absolute atomic E-state index is 0.684. The molecule has 0 fully saturated rings. The first-order chi connectivity index (χ1) is 12.1. The standard InChI is InChI=1S/4C4H9.C2H5O.CH2O2.O.2Sn/c4*1-3-4-2;1-2-3;2-1-3;;;/h4*1,3-4H2,2H3;2H2,1H3;1H,(H,2,3);;;/q;;;;-1;;;2*+1/p-1. The Morgan fingerprint density at radius 1 is 0.680 bits per heavy atom. The minimum atomic E-state index is -3.40. The summed E-state index contributed by atoms with van der Waals surface area (Å²) in [5.41, 5.74) is 0. The molecule has 0 rings (SSSR count). The predicted molar refractivity (Wildman–Crippen MR) is 110 cm³/mol. The van der Waals surface area contributed by atoms with E-state index in [-0.39, 0.29) is 0 Å². The van der Waals surface area contributed by atoms with Gasteiger partial charge in [-0.15, -0.1) is 0 Å². The summed E-state index contributed by atoms with van der Waals surface area (Å²) in [5.74, 6) is 0. The van der Waals surface area contributed by atoms with Crippen LogP contribution in [0.15, 0.2) is 0 Å². The molecule has 4 nitrogen and oxygen atoms in total. The number of hydrogen-bond acceptors (Lipinski definition) is 4. The van der Waals surface area contributed by atoms with E-state index in [2.05, 4.69) is 34.6 Å². The molecule has 25 heavy (non-hydrogen) atoms. The van der Waals surface area contributed by atoms with Crippen molar-refractivity contribution in [2.45, 2.75) is 104 Å². The van der Waals surface area contributed by atoms with E-state index in [0.717, 1.165) is 50.0 Å². The number of carbonyl (C=O) groups excluding carboxylic acids is 1. The summed E-state index contributed by atoms with van der Waals surface area (Å²) < 4.78 is 23.6. The normalized spacial score (nSPS) is 12.4. The topological polar surface area (TPSA) is 44.8 Å². The van der Waals surface area contributed by atoms with E-state index < -0.39 is 38.4 Å². The van der Waals surface area contributed by atoms with Crippen molar-refractivity contribution in [3.63, 3.8) is 0 Å². The van der Waals surface area contributed by atoms with Gasteiger partial charge >= 0.3 is 168 Å². The van der Waals surface area contributed by atoms with E-state index in [0.29, 0.717) is 6.47 Å². The molecule has 0 radical (unpaired) electrons. The molecule has 0 aromatic carbocycles. The summed E-state index contributed by atoms with van der Waals surface area (Å²) in [5, 5.41) is 0. The summed E-state index contributed by atoms with van der Waals surface area (Å²) in [6, 6.07) is 0. The van der Waals surface area contributed by atoms with Crippen molar-refractivity contribution in [1.29, 1.82) is 0 Å². The molecular formula is C19H42O4Sn2. The van der Waals surface area contributed by atoms with Gasteiger partial charge in [0.05, 0.1) is 0 Å². The number of hydrogen-bond donors (Lipinski definition) is 0. The van der Waals surface area contributed by atoms with Gasteiger partial charge in [-0.2, -0.15) is 0 Å². The average Bonchev–Trinajstić information content (AvgIpc) is 2.61. The first kappa shape index (κ1) is 26.0. The molecule has 0 unspecified atom stereocenters. The molecule has 0 aromatic heterocycles. The van der Waals surface area contributed by atoms with Crippen LogP contribution in [0.3, 0.4) is 0 Å². The second-order valence-electron chi connectivity index (χ2n) is 6.98. The Kier molecular flexibility index (Phi) is 16.6. The Bertz CT molecular complexity index is 311. The predicted octanol–water partition coefficient (Wildman–Crippen LogP) is 6.30. The molecule has 0 heterocycles. The summed E-state index contributed by atoms with van der Waals surface area (Å²) in [6.07, 6.45) is 9.13. The third-order valence-electron chi connectivity index (χ3n) is 4.69. The Morgan fingerprint density at radius 3 is 1.40 bits per heavy atom. The maximum absolute atomic E-state index is 11.4. The van der Waals surface area contributed by atoms with Crippen LogP contribution in [0.25, 0.3) is 0 Å². The molecule has 0 aliphatic rings. The van der Waals surface area contributed by atoms with Crippen molar-refractivity contribution < 1.29 is 12.4 Å². The summed E-state index contributed by atoms with van der Waals surface area (Å²) in [6.45, 7) is 12.4. The summed E-state index contributed by atoms with van der Waals surface area (Å²) in [4.78, 5) is 11.4. The van der Waals surface area contributed by atoms with Gasteiger partial charge in [0.25, 0.3) is 0 Å². The van der Waals surface area contributed by atoms with Gasteiger partial charge in [-0.25, -0.2) is 0 Å². The van der Waals surface area contributed by atoms with Crippen LogP contribution in [0.4, 0.5) is 0 Å². The molecule has 0 saturated carbocycles. The quantitative estimate of drug-likeness (QED) is 0.143. The fraction of sp³-hybridized carbons (Fsp3) is 0.947. The van der Waals surface area contributed by atoms with Crippen molar-refractivity contribution in [2.75, 3.05) is 6.61 Å². The Hall–Kier alpha value is 0.987. The third-order valence-corrected chi connectivity index (χ3v) is 37.6. The Labute approximate surface area is 166 Å². The van der Waals surface area contributed by atoms with Crippen LogP contribution in [0.1, 0.15) is 86.0 Å². The number of unbranched alkanes of at least 4 members (excludes halogenated alkanes) is 4. The fourth-order valence-corrected chi connectivity index (χ4v) is 44.6. The molecular weight excluding hydrogens is 530 g/mol. The fourth-order valence-electron chi connectivity index (χ4n) is 3.24. The van der Waals surface area contributed by atoms with Crippen LogP contribution in [0, 0.1) is 0 Å². The van der Waals surface area contributed by atoms with Gasteiger partial charge in [0.15, 0.2) is 0 Å². The molecule has 0 spiro atoms. The molecule has 150 valence electrons. The molecule has 0 amide bonds. The van der Waals surface area contributed by atoms with Gasteiger partial charge in [-0.3, -0.25) is 0 Å². The van der Waals surface area contributed by atoms with Crippen molar-refractivity contribution >= 4 is 44.9 Å². The zero-order chi connectivity index (χ0) is 19.0. The van der Waals surface area contributed by atoms with Crippen LogP contribution in [-0.4, -0.2) is 51.5 Å². The maximum atomic E-state index is 11.4. The second-order valence-corrected chi connectivity index (χ2v) is 29.1. The first-order valence-electron chi connectivity index (χ1n) is 10.5. The van der Waals surface area contributed by atoms with E-state index >= 15 is 0 Å². The second kappa shape index (κ2) is 16.0. The molecule has 0 N–H and O–H groups in total. The zero-order valence-electron chi connectivity index (χ0n) is 17.4. The van der Waals surface area contributed by atoms with Crippen LogP contribution < -0.4 is 0 Å². The average molecular weight is 572 g/mol. The van der Waals surface area contributed by atoms with E-state index in [4.69, 9.17) is 7.56 Å². The van der Waals surface area contributed by atoms with E-state index in [1.54, 1.807) is 0 Å². The Morgan fingerprint density at radius 2 is 1.08 bits per heavy atom. The van der Waals surface area contributed by atoms with Crippen molar-refractivity contribution in [3.8, 4) is 0 Å². The van der Waals surface area contributed by atoms with E-state index in [9.17, 15) is 4.79 Å². The van der Waals surface area contributed by atoms with Crippen molar-refractivity contribution in [1.82, 2.24) is 0 Å². The monoisotopic (exact) mass is 574 g/mol. The van der Waals surface area contributed by atoms with Crippen molar-refractivity contribution in [3.05, 3.63) is 0 Å². The first-order valence-corrected chi connectivity index (χ1v) is 23.3. The molecule has 0 aliphatic heterocycles. The van der Waals surface area contributed by atoms with Gasteiger partial charge in [-0.05, 0) is 0 Å². The van der Waals surface area contributed by atoms with Gasteiger partial charge in [-0.1, -0.05) is 0 Å². The van der Waals surface area contributed by atoms with E-state index in [1.165, 1.54) is 25.7 Å². The number of rotatable bonds is 18. The molecule has 0 atom stereocenters.